The van der Waals surface area contributed by atoms with Crippen LogP contribution in [-0.2, 0) is 4.79 Å². The number of hydrazine groups is 1. The maximum atomic E-state index is 11.8. The van der Waals surface area contributed by atoms with Crippen molar-refractivity contribution in [2.24, 2.45) is 17.8 Å². The van der Waals surface area contributed by atoms with Crippen LogP contribution in [0.1, 0.15) is 33.1 Å². The van der Waals surface area contributed by atoms with Gasteiger partial charge in [-0.25, -0.2) is 5.43 Å². The zero-order valence-electron chi connectivity index (χ0n) is 14.4. The lowest BCUT2D eigenvalue weighted by Gasteiger charge is -2.44. The molecule has 1 amide bonds. The summed E-state index contributed by atoms with van der Waals surface area (Å²) < 4.78 is 0. The predicted octanol–water partition coefficient (Wildman–Crippen LogP) is 1.44. The summed E-state index contributed by atoms with van der Waals surface area (Å²) in [6.07, 6.45) is 4.22. The normalized spacial score (nSPS) is 40.8. The van der Waals surface area contributed by atoms with Crippen LogP contribution in [0.3, 0.4) is 0 Å². The lowest BCUT2D eigenvalue weighted by atomic mass is 9.73. The van der Waals surface area contributed by atoms with Crippen molar-refractivity contribution in [2.45, 2.75) is 44.0 Å². The number of hydrogen-bond donors (Lipinski definition) is 2. The maximum absolute atomic E-state index is 11.8. The molecule has 2 N–H and O–H groups in total. The molecule has 0 bridgehead atoms. The number of carbonyl (C=O) groups excluding carboxylic acids is 1. The third-order valence-corrected chi connectivity index (χ3v) is 7.26. The molecule has 4 atom stereocenters. The van der Waals surface area contributed by atoms with Crippen LogP contribution in [0, 0.1) is 17.8 Å². The Hall–Kier alpha value is -0.170. The number of nitrogens with one attached hydrogen (secondary N) is 2. The van der Waals surface area contributed by atoms with E-state index in [-0.39, 0.29) is 16.8 Å². The van der Waals surface area contributed by atoms with Gasteiger partial charge in [0, 0.05) is 45.3 Å². The molecule has 3 aliphatic rings. The second-order valence-corrected chi connectivity index (χ2v) is 8.71. The van der Waals surface area contributed by atoms with Crippen molar-refractivity contribution in [1.82, 2.24) is 20.7 Å². The number of halogens is 1. The molecule has 4 unspecified atom stereocenters. The lowest BCUT2D eigenvalue weighted by Crippen LogP contribution is -2.64. The molecule has 1 saturated carbocycles. The number of alkyl halides is 1. The van der Waals surface area contributed by atoms with E-state index in [9.17, 15) is 4.79 Å². The first-order valence-electron chi connectivity index (χ1n) is 9.19. The highest BCUT2D eigenvalue weighted by atomic mass is 79.9. The van der Waals surface area contributed by atoms with Crippen LogP contribution in [0.5, 0.6) is 0 Å². The SMILES string of the molecule is CC1CCCC(C)C1CN1CCN(C2CNNC(=O)C2Br)CC1. The molecule has 0 aromatic rings. The van der Waals surface area contributed by atoms with E-state index in [2.05, 4.69) is 50.4 Å². The molecule has 5 nitrogen and oxygen atoms in total. The van der Waals surface area contributed by atoms with Gasteiger partial charge in [-0.3, -0.25) is 15.1 Å². The van der Waals surface area contributed by atoms with Crippen molar-refractivity contribution in [3.05, 3.63) is 0 Å². The van der Waals surface area contributed by atoms with Gasteiger partial charge >= 0.3 is 0 Å². The number of nitrogens with zero attached hydrogens (tertiary/aromatic N) is 2. The Morgan fingerprint density at radius 2 is 1.78 bits per heavy atom. The molecule has 0 aromatic heterocycles. The molecule has 23 heavy (non-hydrogen) atoms. The number of piperazine rings is 1. The Bertz CT molecular complexity index is 403. The number of amides is 1. The van der Waals surface area contributed by atoms with Crippen LogP contribution in [0.4, 0.5) is 0 Å². The summed E-state index contributed by atoms with van der Waals surface area (Å²) in [5.74, 6) is 2.65. The van der Waals surface area contributed by atoms with E-state index in [0.717, 1.165) is 50.5 Å². The zero-order valence-corrected chi connectivity index (χ0v) is 16.0. The average Bonchev–Trinajstić information content (AvgIpc) is 2.54. The summed E-state index contributed by atoms with van der Waals surface area (Å²) in [6.45, 7) is 11.4. The van der Waals surface area contributed by atoms with Crippen molar-refractivity contribution in [2.75, 3.05) is 39.3 Å². The fraction of sp³-hybridized carbons (Fsp3) is 0.941. The molecule has 1 aliphatic carbocycles. The average molecular weight is 387 g/mol. The molecule has 0 radical (unpaired) electrons. The second kappa shape index (κ2) is 7.81. The largest absolute Gasteiger partial charge is 0.300 e. The first-order valence-corrected chi connectivity index (χ1v) is 10.1. The van der Waals surface area contributed by atoms with Gasteiger partial charge in [-0.2, -0.15) is 0 Å². The molecule has 2 aliphatic heterocycles. The van der Waals surface area contributed by atoms with Gasteiger partial charge in [0.2, 0.25) is 5.91 Å². The van der Waals surface area contributed by atoms with Crippen LogP contribution in [0.15, 0.2) is 0 Å². The van der Waals surface area contributed by atoms with Crippen LogP contribution in [0.2, 0.25) is 0 Å². The Balaban J connectivity index is 1.49. The van der Waals surface area contributed by atoms with Gasteiger partial charge in [0.25, 0.3) is 0 Å². The highest BCUT2D eigenvalue weighted by molar-refractivity contribution is 9.10. The fourth-order valence-corrected chi connectivity index (χ4v) is 5.23. The van der Waals surface area contributed by atoms with E-state index in [1.165, 1.54) is 25.8 Å². The fourth-order valence-electron chi connectivity index (χ4n) is 4.59. The van der Waals surface area contributed by atoms with E-state index in [4.69, 9.17) is 0 Å². The Labute approximate surface area is 148 Å². The molecule has 0 aromatic carbocycles. The maximum Gasteiger partial charge on any atom is 0.249 e. The van der Waals surface area contributed by atoms with Crippen molar-refractivity contribution >= 4 is 21.8 Å². The summed E-state index contributed by atoms with van der Waals surface area (Å²) in [7, 11) is 0. The Morgan fingerprint density at radius 1 is 1.13 bits per heavy atom. The van der Waals surface area contributed by atoms with Gasteiger partial charge in [0.1, 0.15) is 4.83 Å². The Kier molecular flexibility index (Phi) is 5.99. The predicted molar refractivity (Wildman–Crippen MR) is 96.3 cm³/mol. The number of hydrogen-bond acceptors (Lipinski definition) is 4. The van der Waals surface area contributed by atoms with Gasteiger partial charge in [0.15, 0.2) is 0 Å². The van der Waals surface area contributed by atoms with E-state index >= 15 is 0 Å². The van der Waals surface area contributed by atoms with Gasteiger partial charge in [-0.15, -0.1) is 0 Å². The van der Waals surface area contributed by atoms with Gasteiger partial charge in [-0.05, 0) is 17.8 Å². The minimum Gasteiger partial charge on any atom is -0.300 e. The molecule has 2 saturated heterocycles. The molecule has 6 heteroatoms. The van der Waals surface area contributed by atoms with E-state index in [0.29, 0.717) is 0 Å². The van der Waals surface area contributed by atoms with Crippen LogP contribution in [0.25, 0.3) is 0 Å². The second-order valence-electron chi connectivity index (χ2n) is 7.73. The highest BCUT2D eigenvalue weighted by Crippen LogP contribution is 2.35. The summed E-state index contributed by atoms with van der Waals surface area (Å²) in [5, 5.41) is 0. The minimum atomic E-state index is -0.103. The molecule has 0 spiro atoms. The summed E-state index contributed by atoms with van der Waals surface area (Å²) in [6, 6.07) is 0.262. The van der Waals surface area contributed by atoms with E-state index in [1.54, 1.807) is 0 Å². The summed E-state index contributed by atoms with van der Waals surface area (Å²) in [4.78, 5) is 16.8. The van der Waals surface area contributed by atoms with E-state index < -0.39 is 0 Å². The molecule has 132 valence electrons. The number of carbonyl (C=O) groups is 1. The first kappa shape index (κ1) is 17.6. The van der Waals surface area contributed by atoms with Gasteiger partial charge in [-0.1, -0.05) is 49.0 Å². The van der Waals surface area contributed by atoms with Crippen molar-refractivity contribution in [3.8, 4) is 0 Å². The van der Waals surface area contributed by atoms with Crippen LogP contribution >= 0.6 is 15.9 Å². The quantitative estimate of drug-likeness (QED) is 0.720. The molecule has 2 heterocycles. The topological polar surface area (TPSA) is 47.6 Å². The van der Waals surface area contributed by atoms with Gasteiger partial charge in [0.05, 0.1) is 0 Å². The zero-order chi connectivity index (χ0) is 16.4. The van der Waals surface area contributed by atoms with Gasteiger partial charge < -0.3 is 4.90 Å². The van der Waals surface area contributed by atoms with Crippen molar-refractivity contribution in [3.63, 3.8) is 0 Å². The monoisotopic (exact) mass is 386 g/mol. The van der Waals surface area contributed by atoms with Crippen molar-refractivity contribution in [1.29, 1.82) is 0 Å². The van der Waals surface area contributed by atoms with Crippen molar-refractivity contribution < 1.29 is 4.79 Å². The standard InChI is InChI=1S/C17H31BrN4O/c1-12-4-3-5-13(2)14(12)11-21-6-8-22(9-7-21)15-10-19-20-17(23)16(15)18/h12-16,19H,3-11H2,1-2H3,(H,20,23). The number of rotatable bonds is 3. The summed E-state index contributed by atoms with van der Waals surface area (Å²) >= 11 is 3.56. The first-order chi connectivity index (χ1) is 11.1. The third kappa shape index (κ3) is 4.09. The molecular weight excluding hydrogens is 356 g/mol. The molecule has 3 fully saturated rings. The third-order valence-electron chi connectivity index (χ3n) is 6.24. The molecular formula is C17H31BrN4O. The highest BCUT2D eigenvalue weighted by Gasteiger charge is 2.36. The Morgan fingerprint density at radius 3 is 2.43 bits per heavy atom. The minimum absolute atomic E-state index is 0.0496. The van der Waals surface area contributed by atoms with Crippen LogP contribution < -0.4 is 10.9 Å². The molecule has 3 rings (SSSR count). The summed E-state index contributed by atoms with van der Waals surface area (Å²) in [5.41, 5.74) is 5.72. The van der Waals surface area contributed by atoms with E-state index in [1.807, 2.05) is 0 Å². The lowest BCUT2D eigenvalue weighted by molar-refractivity contribution is -0.124. The van der Waals surface area contributed by atoms with Crippen LogP contribution in [-0.4, -0.2) is 65.8 Å². The smallest absolute Gasteiger partial charge is 0.249 e.